The van der Waals surface area contributed by atoms with Gasteiger partial charge in [0, 0.05) is 4.90 Å². The fourth-order valence-corrected chi connectivity index (χ4v) is 2.31. The molecule has 1 aromatic heterocycles. The van der Waals surface area contributed by atoms with Crippen molar-refractivity contribution in [2.24, 2.45) is 0 Å². The number of hydrogen-bond donors (Lipinski definition) is 1. The molecule has 2 rings (SSSR count). The zero-order valence-corrected chi connectivity index (χ0v) is 10.2. The van der Waals surface area contributed by atoms with E-state index in [-0.39, 0.29) is 0 Å². The second kappa shape index (κ2) is 5.59. The lowest BCUT2D eigenvalue weighted by Gasteiger charge is -1.91. The van der Waals surface area contributed by atoms with Gasteiger partial charge >= 0.3 is 0 Å². The van der Waals surface area contributed by atoms with Crippen LogP contribution >= 0.6 is 23.1 Å². The third-order valence-electron chi connectivity index (χ3n) is 1.54. The highest BCUT2D eigenvalue weighted by molar-refractivity contribution is 8.03. The number of thioether (sulfide) groups is 1. The Morgan fingerprint density at radius 3 is 2.87 bits per heavy atom. The van der Waals surface area contributed by atoms with Gasteiger partial charge in [-0.15, -0.1) is 0 Å². The van der Waals surface area contributed by atoms with Gasteiger partial charge in [0.15, 0.2) is 5.13 Å². The normalized spacial score (nSPS) is 9.13. The minimum absolute atomic E-state index is 0.564. The van der Waals surface area contributed by atoms with E-state index in [9.17, 15) is 0 Å². The largest absolute Gasteiger partial charge is 0.375 e. The van der Waals surface area contributed by atoms with Crippen molar-refractivity contribution in [2.75, 3.05) is 5.73 Å². The summed E-state index contributed by atoms with van der Waals surface area (Å²) < 4.78 is 1.03. The second-order valence-corrected chi connectivity index (χ2v) is 4.30. The number of benzene rings is 1. The average Bonchev–Trinajstić information content (AvgIpc) is 2.61. The number of thiazole rings is 1. The molecule has 0 atom stereocenters. The van der Waals surface area contributed by atoms with Crippen LogP contribution < -0.4 is 5.73 Å². The molecule has 0 aliphatic heterocycles. The maximum absolute atomic E-state index is 8.47. The summed E-state index contributed by atoms with van der Waals surface area (Å²) in [4.78, 5) is 5.05. The van der Waals surface area contributed by atoms with Crippen LogP contribution in [0.15, 0.2) is 23.1 Å². The lowest BCUT2D eigenvalue weighted by Crippen LogP contribution is -1.78. The Bertz CT molecular complexity index is 485. The molecule has 0 unspecified atom stereocenters. The summed E-state index contributed by atoms with van der Waals surface area (Å²) in [5, 5.41) is 11.1. The van der Waals surface area contributed by atoms with Gasteiger partial charge in [-0.25, -0.2) is 4.98 Å². The molecule has 0 radical (unpaired) electrons. The maximum Gasteiger partial charge on any atom is 0.181 e. The lowest BCUT2D eigenvalue weighted by molar-refractivity contribution is 1.46. The lowest BCUT2D eigenvalue weighted by atomic mass is 10.3. The van der Waals surface area contributed by atoms with E-state index in [1.807, 2.05) is 37.4 Å². The molecular formula is C10H11N3S2. The monoisotopic (exact) mass is 237 g/mol. The van der Waals surface area contributed by atoms with Crippen LogP contribution in [0.4, 0.5) is 5.13 Å². The number of rotatable bonds is 1. The first-order valence-corrected chi connectivity index (χ1v) is 6.15. The third kappa shape index (κ3) is 2.85. The zero-order valence-electron chi connectivity index (χ0n) is 8.52. The molecule has 0 aliphatic rings. The van der Waals surface area contributed by atoms with Gasteiger partial charge in [-0.1, -0.05) is 25.2 Å². The van der Waals surface area contributed by atoms with E-state index in [1.54, 1.807) is 0 Å². The number of nitriles is 1. The summed E-state index contributed by atoms with van der Waals surface area (Å²) in [5.41, 5.74) is 6.44. The number of fused-ring (bicyclic) bond motifs is 1. The molecule has 15 heavy (non-hydrogen) atoms. The number of nitrogens with zero attached hydrogens (tertiary/aromatic N) is 2. The molecule has 0 spiro atoms. The fourth-order valence-electron chi connectivity index (χ4n) is 1.04. The highest BCUT2D eigenvalue weighted by atomic mass is 32.2. The second-order valence-electron chi connectivity index (χ2n) is 2.37. The smallest absolute Gasteiger partial charge is 0.181 e. The van der Waals surface area contributed by atoms with Crippen LogP contribution in [0.3, 0.4) is 0 Å². The van der Waals surface area contributed by atoms with Gasteiger partial charge in [-0.05, 0) is 30.0 Å². The molecule has 1 heterocycles. The Morgan fingerprint density at radius 1 is 1.47 bits per heavy atom. The van der Waals surface area contributed by atoms with Gasteiger partial charge in [0.25, 0.3) is 0 Å². The third-order valence-corrected chi connectivity index (χ3v) is 2.97. The van der Waals surface area contributed by atoms with Crippen molar-refractivity contribution in [1.29, 1.82) is 5.26 Å². The van der Waals surface area contributed by atoms with Crippen molar-refractivity contribution in [3.8, 4) is 5.40 Å². The van der Waals surface area contributed by atoms with E-state index in [2.05, 4.69) is 4.98 Å². The van der Waals surface area contributed by atoms with Gasteiger partial charge in [-0.2, -0.15) is 5.26 Å². The van der Waals surface area contributed by atoms with Crippen LogP contribution in [0.1, 0.15) is 13.8 Å². The number of nitrogen functional groups attached to an aromatic ring is 1. The molecule has 0 bridgehead atoms. The van der Waals surface area contributed by atoms with Crippen molar-refractivity contribution in [2.45, 2.75) is 18.7 Å². The SMILES string of the molecule is CC.N#CSc1ccc2nc(N)sc2c1. The quantitative estimate of drug-likeness (QED) is 0.609. The average molecular weight is 237 g/mol. The van der Waals surface area contributed by atoms with Gasteiger partial charge in [0.1, 0.15) is 5.40 Å². The first kappa shape index (κ1) is 11.8. The zero-order chi connectivity index (χ0) is 11.3. The number of hydrogen-bond acceptors (Lipinski definition) is 5. The number of nitrogens with two attached hydrogens (primary N) is 1. The molecular weight excluding hydrogens is 226 g/mol. The van der Waals surface area contributed by atoms with E-state index in [4.69, 9.17) is 11.0 Å². The predicted octanol–water partition coefficient (Wildman–Crippen LogP) is 3.48. The van der Waals surface area contributed by atoms with E-state index in [1.165, 1.54) is 11.3 Å². The molecule has 5 heteroatoms. The fraction of sp³-hybridized carbons (Fsp3) is 0.200. The number of anilines is 1. The highest BCUT2D eigenvalue weighted by Crippen LogP contribution is 2.28. The summed E-state index contributed by atoms with van der Waals surface area (Å²) in [5.74, 6) is 0. The van der Waals surface area contributed by atoms with E-state index < -0.39 is 0 Å². The van der Waals surface area contributed by atoms with E-state index >= 15 is 0 Å². The Labute approximate surface area is 96.9 Å². The van der Waals surface area contributed by atoms with Crippen LogP contribution in [0.2, 0.25) is 0 Å². The maximum atomic E-state index is 8.47. The highest BCUT2D eigenvalue weighted by Gasteiger charge is 2.01. The van der Waals surface area contributed by atoms with Gasteiger partial charge < -0.3 is 5.73 Å². The van der Waals surface area contributed by atoms with Crippen LogP contribution in [0, 0.1) is 10.7 Å². The minimum Gasteiger partial charge on any atom is -0.375 e. The standard InChI is InChI=1S/C8H5N3S2.C2H6/c9-4-12-5-1-2-6-7(3-5)13-8(10)11-6;1-2/h1-3H,(H2,10,11);1-2H3. The van der Waals surface area contributed by atoms with Gasteiger partial charge in [0.2, 0.25) is 0 Å². The molecule has 1 aromatic carbocycles. The molecule has 2 aromatic rings. The van der Waals surface area contributed by atoms with Crippen molar-refractivity contribution >= 4 is 38.4 Å². The minimum atomic E-state index is 0.564. The van der Waals surface area contributed by atoms with E-state index in [0.717, 1.165) is 26.9 Å². The summed E-state index contributed by atoms with van der Waals surface area (Å²) >= 11 is 2.58. The van der Waals surface area contributed by atoms with Crippen LogP contribution in [0.5, 0.6) is 0 Å². The summed E-state index contributed by atoms with van der Waals surface area (Å²) in [7, 11) is 0. The number of thiocyanates is 1. The van der Waals surface area contributed by atoms with Gasteiger partial charge in [-0.3, -0.25) is 0 Å². The topological polar surface area (TPSA) is 62.7 Å². The first-order chi connectivity index (χ1) is 7.29. The molecule has 78 valence electrons. The Morgan fingerprint density at radius 2 is 2.20 bits per heavy atom. The van der Waals surface area contributed by atoms with Crippen molar-refractivity contribution in [3.63, 3.8) is 0 Å². The van der Waals surface area contributed by atoms with Crippen molar-refractivity contribution in [3.05, 3.63) is 18.2 Å². The summed E-state index contributed by atoms with van der Waals surface area (Å²) in [6, 6.07) is 5.68. The molecule has 0 saturated carbocycles. The first-order valence-electron chi connectivity index (χ1n) is 4.51. The predicted molar refractivity (Wildman–Crippen MR) is 66.9 cm³/mol. The Hall–Kier alpha value is -1.25. The van der Waals surface area contributed by atoms with Crippen LogP contribution in [-0.2, 0) is 0 Å². The Balaban J connectivity index is 0.000000531. The number of aromatic nitrogens is 1. The van der Waals surface area contributed by atoms with Crippen LogP contribution in [0.25, 0.3) is 10.2 Å². The summed E-state index contributed by atoms with van der Waals surface area (Å²) in [6.45, 7) is 4.00. The van der Waals surface area contributed by atoms with Crippen LogP contribution in [-0.4, -0.2) is 4.98 Å². The molecule has 2 N–H and O–H groups in total. The summed E-state index contributed by atoms with van der Waals surface area (Å²) in [6.07, 6.45) is 0. The molecule has 0 saturated heterocycles. The molecule has 3 nitrogen and oxygen atoms in total. The van der Waals surface area contributed by atoms with E-state index in [0.29, 0.717) is 5.13 Å². The molecule has 0 aliphatic carbocycles. The Kier molecular flexibility index (Phi) is 4.40. The van der Waals surface area contributed by atoms with Gasteiger partial charge in [0.05, 0.1) is 10.2 Å². The van der Waals surface area contributed by atoms with Crippen molar-refractivity contribution < 1.29 is 0 Å². The van der Waals surface area contributed by atoms with Crippen molar-refractivity contribution in [1.82, 2.24) is 4.98 Å². The molecule has 0 fully saturated rings. The molecule has 0 amide bonds.